The first-order valence-electron chi connectivity index (χ1n) is 5.51. The topological polar surface area (TPSA) is 45.3 Å². The average Bonchev–Trinajstić information content (AvgIpc) is 2.28. The normalized spacial score (nSPS) is 10.6. The van der Waals surface area contributed by atoms with Crippen LogP contribution in [0.25, 0.3) is 0 Å². The summed E-state index contributed by atoms with van der Waals surface area (Å²) in [6, 6.07) is 3.59. The Morgan fingerprint density at radius 2 is 2.44 bits per heavy atom. The van der Waals surface area contributed by atoms with Gasteiger partial charge in [-0.15, -0.1) is 0 Å². The lowest BCUT2D eigenvalue weighted by Crippen LogP contribution is -2.29. The number of unbranched alkanes of at least 4 members (excludes halogenated alkanes) is 2. The van der Waals surface area contributed by atoms with Crippen molar-refractivity contribution in [1.29, 1.82) is 0 Å². The van der Waals surface area contributed by atoms with Gasteiger partial charge in [0.05, 0.1) is 0 Å². The molecule has 86 valence electrons. The molecule has 0 saturated heterocycles. The zero-order valence-corrected chi connectivity index (χ0v) is 9.81. The zero-order valence-electron chi connectivity index (χ0n) is 9.81. The molecule has 0 aliphatic carbocycles. The zero-order chi connectivity index (χ0) is 11.8. The predicted molar refractivity (Wildman–Crippen MR) is 63.1 cm³/mol. The summed E-state index contributed by atoms with van der Waals surface area (Å²) in [5.74, 6) is -0.177. The molecule has 0 aliphatic heterocycles. The van der Waals surface area contributed by atoms with Crippen LogP contribution in [0.5, 0.6) is 0 Å². The maximum Gasteiger partial charge on any atom is 0.277 e. The second-order valence-electron chi connectivity index (χ2n) is 3.65. The minimum atomic E-state index is -0.177. The highest BCUT2D eigenvalue weighted by Gasteiger charge is 2.06. The summed E-state index contributed by atoms with van der Waals surface area (Å²) in [6.07, 6.45) is 8.51. The molecule has 1 heterocycles. The maximum absolute atomic E-state index is 11.6. The Morgan fingerprint density at radius 3 is 3.12 bits per heavy atom. The first-order valence-corrected chi connectivity index (χ1v) is 5.51. The van der Waals surface area contributed by atoms with E-state index in [1.54, 1.807) is 18.5 Å². The van der Waals surface area contributed by atoms with E-state index in [2.05, 4.69) is 17.5 Å². The fourth-order valence-electron chi connectivity index (χ4n) is 1.25. The van der Waals surface area contributed by atoms with Crippen molar-refractivity contribution in [3.63, 3.8) is 0 Å². The lowest BCUT2D eigenvalue weighted by molar-refractivity contribution is -0.671. The van der Waals surface area contributed by atoms with Crippen molar-refractivity contribution in [1.82, 2.24) is 5.43 Å². The summed E-state index contributed by atoms with van der Waals surface area (Å²) in [4.78, 5) is 11.6. The quantitative estimate of drug-likeness (QED) is 0.347. The van der Waals surface area contributed by atoms with Gasteiger partial charge in [-0.05, 0) is 18.9 Å². The largest absolute Gasteiger partial charge is 0.277 e. The number of carbonyl (C=O) groups is 1. The van der Waals surface area contributed by atoms with E-state index in [-0.39, 0.29) is 5.91 Å². The number of amides is 1. The highest BCUT2D eigenvalue weighted by molar-refractivity contribution is 5.93. The molecule has 0 atom stereocenters. The fraction of sp³-hybridized carbons (Fsp3) is 0.417. The molecule has 4 nitrogen and oxygen atoms in total. The standard InChI is InChI=1S/C12H17N3O/c1-3-4-5-8-13-14-12(16)11-7-6-9-15(2)10-11/h6-10H,3-5H2,1-2H3/p+1. The van der Waals surface area contributed by atoms with Crippen molar-refractivity contribution in [3.8, 4) is 0 Å². The van der Waals surface area contributed by atoms with Crippen LogP contribution in [-0.2, 0) is 7.05 Å². The number of hydrogen-bond donors (Lipinski definition) is 1. The van der Waals surface area contributed by atoms with Crippen LogP contribution in [0.4, 0.5) is 0 Å². The fourth-order valence-corrected chi connectivity index (χ4v) is 1.25. The number of nitrogens with one attached hydrogen (secondary N) is 1. The van der Waals surface area contributed by atoms with Crippen molar-refractivity contribution in [3.05, 3.63) is 30.1 Å². The molecule has 16 heavy (non-hydrogen) atoms. The van der Waals surface area contributed by atoms with E-state index in [0.717, 1.165) is 19.3 Å². The van der Waals surface area contributed by atoms with E-state index in [4.69, 9.17) is 0 Å². The van der Waals surface area contributed by atoms with Crippen molar-refractivity contribution >= 4 is 12.1 Å². The van der Waals surface area contributed by atoms with E-state index in [1.165, 1.54) is 0 Å². The number of hydrazone groups is 1. The minimum Gasteiger partial charge on any atom is -0.267 e. The molecule has 1 aromatic heterocycles. The van der Waals surface area contributed by atoms with Gasteiger partial charge in [0.15, 0.2) is 12.4 Å². The molecule has 1 N–H and O–H groups in total. The van der Waals surface area contributed by atoms with Crippen LogP contribution in [-0.4, -0.2) is 12.1 Å². The highest BCUT2D eigenvalue weighted by atomic mass is 16.2. The molecule has 0 radical (unpaired) electrons. The number of carbonyl (C=O) groups excluding carboxylic acids is 1. The number of aryl methyl sites for hydroxylation is 1. The predicted octanol–water partition coefficient (Wildman–Crippen LogP) is 1.42. The Morgan fingerprint density at radius 1 is 1.62 bits per heavy atom. The average molecular weight is 220 g/mol. The third-order valence-electron chi connectivity index (χ3n) is 2.15. The van der Waals surface area contributed by atoms with Crippen LogP contribution in [0.1, 0.15) is 36.5 Å². The van der Waals surface area contributed by atoms with E-state index in [9.17, 15) is 4.79 Å². The third kappa shape index (κ3) is 4.21. The second kappa shape index (κ2) is 6.71. The van der Waals surface area contributed by atoms with Gasteiger partial charge in [-0.2, -0.15) is 5.10 Å². The van der Waals surface area contributed by atoms with Gasteiger partial charge in [0.1, 0.15) is 12.6 Å². The summed E-state index contributed by atoms with van der Waals surface area (Å²) in [7, 11) is 1.88. The molecule has 0 aromatic carbocycles. The molecule has 4 heteroatoms. The van der Waals surface area contributed by atoms with Crippen LogP contribution >= 0.6 is 0 Å². The van der Waals surface area contributed by atoms with Crippen LogP contribution in [0.2, 0.25) is 0 Å². The van der Waals surface area contributed by atoms with Gasteiger partial charge in [0.2, 0.25) is 0 Å². The monoisotopic (exact) mass is 220 g/mol. The number of hydrogen-bond acceptors (Lipinski definition) is 2. The molecule has 1 aromatic rings. The molecule has 0 fully saturated rings. The summed E-state index contributed by atoms with van der Waals surface area (Å²) >= 11 is 0. The van der Waals surface area contributed by atoms with Crippen LogP contribution in [0.15, 0.2) is 29.6 Å². The molecule has 1 rings (SSSR count). The summed E-state index contributed by atoms with van der Waals surface area (Å²) in [5, 5.41) is 3.88. The molecule has 0 aliphatic rings. The van der Waals surface area contributed by atoms with Crippen LogP contribution in [0.3, 0.4) is 0 Å². The van der Waals surface area contributed by atoms with Gasteiger partial charge in [-0.3, -0.25) is 4.79 Å². The Bertz CT molecular complexity index is 374. The van der Waals surface area contributed by atoms with Gasteiger partial charge >= 0.3 is 0 Å². The number of aromatic nitrogens is 1. The Hall–Kier alpha value is -1.71. The molecule has 0 bridgehead atoms. The van der Waals surface area contributed by atoms with E-state index >= 15 is 0 Å². The van der Waals surface area contributed by atoms with Gasteiger partial charge in [-0.25, -0.2) is 9.99 Å². The van der Waals surface area contributed by atoms with Gasteiger partial charge < -0.3 is 0 Å². The Kier molecular flexibility index (Phi) is 5.19. The van der Waals surface area contributed by atoms with Crippen molar-refractivity contribution in [2.75, 3.05) is 0 Å². The Labute approximate surface area is 96.0 Å². The van der Waals surface area contributed by atoms with Crippen molar-refractivity contribution in [2.45, 2.75) is 26.2 Å². The van der Waals surface area contributed by atoms with Crippen molar-refractivity contribution < 1.29 is 9.36 Å². The lowest BCUT2D eigenvalue weighted by Gasteiger charge is -1.97. The van der Waals surface area contributed by atoms with Gasteiger partial charge in [-0.1, -0.05) is 13.3 Å². The molecule has 0 saturated carbocycles. The third-order valence-corrected chi connectivity index (χ3v) is 2.15. The van der Waals surface area contributed by atoms with E-state index < -0.39 is 0 Å². The summed E-state index contributed by atoms with van der Waals surface area (Å²) < 4.78 is 1.83. The first kappa shape index (κ1) is 12.4. The molecule has 1 amide bonds. The molecular formula is C12H18N3O+. The molecule has 0 unspecified atom stereocenters. The van der Waals surface area contributed by atoms with Crippen LogP contribution < -0.4 is 9.99 Å². The first-order chi connectivity index (χ1) is 7.74. The number of pyridine rings is 1. The Balaban J connectivity index is 2.44. The lowest BCUT2D eigenvalue weighted by atomic mass is 10.3. The number of nitrogens with zero attached hydrogens (tertiary/aromatic N) is 2. The maximum atomic E-state index is 11.6. The molecule has 0 spiro atoms. The summed E-state index contributed by atoms with van der Waals surface area (Å²) in [5.41, 5.74) is 3.11. The second-order valence-corrected chi connectivity index (χ2v) is 3.65. The highest BCUT2D eigenvalue weighted by Crippen LogP contribution is 1.94. The summed E-state index contributed by atoms with van der Waals surface area (Å²) in [6.45, 7) is 2.12. The number of rotatable bonds is 5. The van der Waals surface area contributed by atoms with Crippen molar-refractivity contribution in [2.24, 2.45) is 12.1 Å². The molecular weight excluding hydrogens is 202 g/mol. The SMILES string of the molecule is CCCCC=NNC(=O)c1ccc[n+](C)c1. The van der Waals surface area contributed by atoms with Gasteiger partial charge in [0.25, 0.3) is 5.91 Å². The van der Waals surface area contributed by atoms with E-state index in [0.29, 0.717) is 5.56 Å². The minimum absolute atomic E-state index is 0.177. The van der Waals surface area contributed by atoms with E-state index in [1.807, 2.05) is 23.9 Å². The smallest absolute Gasteiger partial charge is 0.267 e. The van der Waals surface area contributed by atoms with Gasteiger partial charge in [0, 0.05) is 12.3 Å². The van der Waals surface area contributed by atoms with Crippen LogP contribution in [0, 0.1) is 0 Å².